The van der Waals surface area contributed by atoms with Crippen LogP contribution in [0.4, 0.5) is 4.79 Å². The fourth-order valence-electron chi connectivity index (χ4n) is 8.11. The van der Waals surface area contributed by atoms with Crippen LogP contribution >= 0.6 is 0 Å². The number of carbonyl (C=O) groups is 3. The molecule has 46 heavy (non-hydrogen) atoms. The van der Waals surface area contributed by atoms with Crippen molar-refractivity contribution in [3.8, 4) is 5.88 Å². The number of aromatic hydroxyl groups is 1. The normalized spacial score (nSPS) is 28.5. The summed E-state index contributed by atoms with van der Waals surface area (Å²) in [7, 11) is 0. The van der Waals surface area contributed by atoms with E-state index in [2.05, 4.69) is 0 Å². The molecule has 1 N–H and O–H groups in total. The third-order valence-corrected chi connectivity index (χ3v) is 11.2. The molecule has 1 aromatic rings. The van der Waals surface area contributed by atoms with Gasteiger partial charge in [0.15, 0.2) is 0 Å². The Hall–Kier alpha value is -3.43. The van der Waals surface area contributed by atoms with E-state index in [1.807, 2.05) is 13.8 Å². The Bertz CT molecular complexity index is 1490. The van der Waals surface area contributed by atoms with Crippen LogP contribution in [0, 0.1) is 23.7 Å². The number of carbonyl (C=O) groups excluding carboxylic acids is 3. The van der Waals surface area contributed by atoms with Gasteiger partial charge in [-0.3, -0.25) is 33.3 Å². The summed E-state index contributed by atoms with van der Waals surface area (Å²) >= 11 is 0. The predicted octanol–water partition coefficient (Wildman–Crippen LogP) is 5.84. The predicted molar refractivity (Wildman–Crippen MR) is 177 cm³/mol. The van der Waals surface area contributed by atoms with Gasteiger partial charge in [0, 0.05) is 26.2 Å². The van der Waals surface area contributed by atoms with E-state index in [9.17, 15) is 29.1 Å². The summed E-state index contributed by atoms with van der Waals surface area (Å²) in [5.41, 5.74) is -0.955. The average molecular weight is 637 g/mol. The monoisotopic (exact) mass is 636 g/mol. The number of barbiturate groups is 1. The smallest absolute Gasteiger partial charge is 0.333 e. The van der Waals surface area contributed by atoms with Gasteiger partial charge in [-0.15, -0.1) is 0 Å². The van der Waals surface area contributed by atoms with Crippen molar-refractivity contribution in [3.63, 3.8) is 0 Å². The van der Waals surface area contributed by atoms with Crippen LogP contribution in [-0.4, -0.2) is 55.0 Å². The Morgan fingerprint density at radius 2 is 1.28 bits per heavy atom. The number of nitrogens with zero attached hydrogens (tertiary/aromatic N) is 4. The van der Waals surface area contributed by atoms with Crippen LogP contribution in [0.2, 0.25) is 0 Å². The summed E-state index contributed by atoms with van der Waals surface area (Å²) in [5.74, 6) is 0.673. The molecule has 1 aromatic heterocycles. The van der Waals surface area contributed by atoms with Crippen LogP contribution in [0.15, 0.2) is 26.8 Å². The number of unbranched alkanes of at least 4 members (excludes halogenated alkanes) is 2. The largest absolute Gasteiger partial charge is 0.494 e. The first-order valence-corrected chi connectivity index (χ1v) is 17.8. The molecule has 4 amide bonds. The van der Waals surface area contributed by atoms with Gasteiger partial charge in [-0.05, 0) is 93.6 Å². The fraction of sp³-hybridized carbons (Fsp3) is 0.694. The number of hydrogen-bond donors (Lipinski definition) is 1. The van der Waals surface area contributed by atoms with Gasteiger partial charge >= 0.3 is 11.7 Å². The molecule has 2 aliphatic carbocycles. The minimum Gasteiger partial charge on any atom is -0.494 e. The van der Waals surface area contributed by atoms with E-state index in [0.29, 0.717) is 48.6 Å². The average Bonchev–Trinajstić information content (AvgIpc) is 3.04. The molecule has 0 atom stereocenters. The molecule has 1 saturated heterocycles. The van der Waals surface area contributed by atoms with Gasteiger partial charge in [0.25, 0.3) is 17.4 Å². The quantitative estimate of drug-likeness (QED) is 0.392. The standard InChI is InChI=1S/C36H52N4O6/c1-4-6-20-37-31(41)29-17-8-24(3)30-33(43)38(21-7-5-2)36(46)40(34(30)44)23-19-26-11-15-28(16-12-26)27-13-9-25(10-14-27)18-22-39(32(29)42)35(37)45/h8,17,25-28,42H,4-7,9-16,18-23H2,1-3H3/b17-8+,30-24-. The second kappa shape index (κ2) is 15.0. The number of aromatic nitrogens is 2. The maximum atomic E-state index is 13.8. The third-order valence-electron chi connectivity index (χ3n) is 11.2. The fourth-order valence-corrected chi connectivity index (χ4v) is 8.11. The van der Waals surface area contributed by atoms with E-state index < -0.39 is 35.0 Å². The molecule has 0 unspecified atom stereocenters. The molecule has 252 valence electrons. The lowest BCUT2D eigenvalue weighted by molar-refractivity contribution is -0.136. The maximum absolute atomic E-state index is 13.8. The Balaban J connectivity index is 1.58. The second-order valence-electron chi connectivity index (χ2n) is 14.1. The first-order valence-electron chi connectivity index (χ1n) is 17.8. The molecule has 10 nitrogen and oxygen atoms in total. The maximum Gasteiger partial charge on any atom is 0.333 e. The van der Waals surface area contributed by atoms with Crippen molar-refractivity contribution in [3.05, 3.63) is 43.6 Å². The van der Waals surface area contributed by atoms with Gasteiger partial charge in [-0.1, -0.05) is 58.4 Å². The summed E-state index contributed by atoms with van der Waals surface area (Å²) in [6.45, 7) is 6.63. The van der Waals surface area contributed by atoms with Crippen LogP contribution in [-0.2, 0) is 22.7 Å². The summed E-state index contributed by atoms with van der Waals surface area (Å²) in [6.07, 6.45) is 16.3. The van der Waals surface area contributed by atoms with E-state index >= 15 is 0 Å². The highest BCUT2D eigenvalue weighted by Gasteiger charge is 2.42. The van der Waals surface area contributed by atoms with Crippen LogP contribution in [0.1, 0.15) is 116 Å². The Labute approximate surface area is 272 Å². The number of rotatable bonds is 6. The van der Waals surface area contributed by atoms with Gasteiger partial charge in [0.05, 0.1) is 0 Å². The SMILES string of the molecule is CCCCN1C(=O)/C2=C(C)/C=C/c3c(O)n(c(=O)n(CCCC)c3=O)CCC3CCC(CC3)C3CCC(CC3)CCN(C2=O)C1=O. The zero-order valence-corrected chi connectivity index (χ0v) is 28.0. The van der Waals surface area contributed by atoms with Gasteiger partial charge in [0.2, 0.25) is 5.88 Å². The molecule has 2 saturated carbocycles. The number of allylic oxidation sites excluding steroid dienone is 2. The first kappa shape index (κ1) is 33.9. The van der Waals surface area contributed by atoms with E-state index in [4.69, 9.17) is 0 Å². The number of hydrogen-bond acceptors (Lipinski definition) is 6. The second-order valence-corrected chi connectivity index (χ2v) is 14.1. The Morgan fingerprint density at radius 1 is 0.717 bits per heavy atom. The molecule has 0 spiro atoms. The van der Waals surface area contributed by atoms with Crippen LogP contribution in [0.5, 0.6) is 5.88 Å². The van der Waals surface area contributed by atoms with E-state index in [1.165, 1.54) is 56.8 Å². The van der Waals surface area contributed by atoms with Gasteiger partial charge in [-0.25, -0.2) is 9.59 Å². The lowest BCUT2D eigenvalue weighted by Gasteiger charge is -2.39. The topological polar surface area (TPSA) is 122 Å². The molecule has 8 bridgehead atoms. The van der Waals surface area contributed by atoms with Gasteiger partial charge < -0.3 is 5.11 Å². The van der Waals surface area contributed by atoms with E-state index in [0.717, 1.165) is 51.4 Å². The molecule has 6 aliphatic rings. The van der Waals surface area contributed by atoms with Crippen LogP contribution in [0.25, 0.3) is 6.08 Å². The molecular formula is C36H52N4O6. The first-order chi connectivity index (χ1) is 22.2. The summed E-state index contributed by atoms with van der Waals surface area (Å²) in [5, 5.41) is 11.3. The summed E-state index contributed by atoms with van der Waals surface area (Å²) in [6, 6.07) is -0.559. The summed E-state index contributed by atoms with van der Waals surface area (Å²) < 4.78 is 2.51. The van der Waals surface area contributed by atoms with Crippen molar-refractivity contribution in [2.45, 2.75) is 124 Å². The molecule has 0 radical (unpaired) electrons. The molecule has 3 fully saturated rings. The lowest BCUT2D eigenvalue weighted by atomic mass is 9.68. The Kier molecular flexibility index (Phi) is 11.1. The highest BCUT2D eigenvalue weighted by Crippen LogP contribution is 2.43. The molecular weight excluding hydrogens is 584 g/mol. The van der Waals surface area contributed by atoms with E-state index in [1.54, 1.807) is 6.92 Å². The number of urea groups is 1. The zero-order chi connectivity index (χ0) is 33.0. The van der Waals surface area contributed by atoms with E-state index in [-0.39, 0.29) is 30.8 Å². The van der Waals surface area contributed by atoms with Crippen molar-refractivity contribution in [2.75, 3.05) is 13.1 Å². The van der Waals surface area contributed by atoms with Crippen molar-refractivity contribution in [1.82, 2.24) is 18.9 Å². The number of fused-ring (bicyclic) bond motifs is 2. The number of amides is 4. The third kappa shape index (κ3) is 6.95. The highest BCUT2D eigenvalue weighted by atomic mass is 16.3. The molecule has 10 heteroatoms. The van der Waals surface area contributed by atoms with Crippen molar-refractivity contribution >= 4 is 23.9 Å². The Morgan fingerprint density at radius 3 is 1.87 bits per heavy atom. The molecule has 0 aromatic carbocycles. The summed E-state index contributed by atoms with van der Waals surface area (Å²) in [4.78, 5) is 70.4. The lowest BCUT2D eigenvalue weighted by Crippen LogP contribution is -2.57. The molecule has 7 rings (SSSR count). The van der Waals surface area contributed by atoms with Gasteiger partial charge in [0.1, 0.15) is 11.1 Å². The number of imide groups is 2. The van der Waals surface area contributed by atoms with Crippen LogP contribution in [0.3, 0.4) is 0 Å². The highest BCUT2D eigenvalue weighted by molar-refractivity contribution is 6.29. The van der Waals surface area contributed by atoms with Crippen molar-refractivity contribution in [1.29, 1.82) is 0 Å². The molecule has 4 aliphatic heterocycles. The molecule has 5 heterocycles. The van der Waals surface area contributed by atoms with Crippen molar-refractivity contribution in [2.24, 2.45) is 23.7 Å². The minimum absolute atomic E-state index is 0.0479. The van der Waals surface area contributed by atoms with Crippen molar-refractivity contribution < 1.29 is 19.5 Å². The zero-order valence-electron chi connectivity index (χ0n) is 28.0. The van der Waals surface area contributed by atoms with Crippen LogP contribution < -0.4 is 11.2 Å². The van der Waals surface area contributed by atoms with Gasteiger partial charge in [-0.2, -0.15) is 0 Å². The minimum atomic E-state index is -0.634.